The quantitative estimate of drug-likeness (QED) is 0.739. The zero-order valence-corrected chi connectivity index (χ0v) is 14.0. The van der Waals surface area contributed by atoms with Crippen LogP contribution in [-0.2, 0) is 9.53 Å². The average Bonchev–Trinajstić information content (AvgIpc) is 2.24. The zero-order chi connectivity index (χ0) is 15.1. The molecular weight excluding hydrogens is 250 g/mol. The molecule has 0 spiro atoms. The number of ether oxygens (including phenoxy) is 1. The van der Waals surface area contributed by atoms with Crippen molar-refractivity contribution in [1.29, 1.82) is 0 Å². The number of hydrogen-bond donors (Lipinski definition) is 0. The fourth-order valence-electron chi connectivity index (χ4n) is 2.11. The van der Waals surface area contributed by atoms with Gasteiger partial charge in [-0.05, 0) is 38.8 Å². The van der Waals surface area contributed by atoms with Crippen LogP contribution in [0.15, 0.2) is 0 Å². The van der Waals surface area contributed by atoms with E-state index in [1.807, 2.05) is 0 Å². The lowest BCUT2D eigenvalue weighted by atomic mass is 9.83. The van der Waals surface area contributed by atoms with Crippen molar-refractivity contribution in [3.05, 3.63) is 0 Å². The molecule has 0 radical (unpaired) electrons. The van der Waals surface area contributed by atoms with E-state index in [4.69, 9.17) is 4.74 Å². The van der Waals surface area contributed by atoms with E-state index in [1.54, 1.807) is 6.92 Å². The summed E-state index contributed by atoms with van der Waals surface area (Å²) in [4.78, 5) is 12.8. The first kappa shape index (κ1) is 21.9. The first-order valence-corrected chi connectivity index (χ1v) is 7.54. The highest BCUT2D eigenvalue weighted by molar-refractivity contribution is 5.75. The molecule has 0 N–H and O–H groups in total. The molecule has 0 bridgehead atoms. The topological polar surface area (TPSA) is 29.5 Å². The molecule has 122 valence electrons. The Bertz CT molecular complexity index is 258. The monoisotopic (exact) mass is 287 g/mol. The molecule has 1 aliphatic heterocycles. The SMILES string of the molecule is C.CC(=O)CCC(C)C.CCN(C)C1(C(C)C)COC1. The molecule has 0 aromatic heterocycles. The van der Waals surface area contributed by atoms with Crippen LogP contribution in [-0.4, -0.2) is 43.0 Å². The molecular formula is C17H37NO2. The molecule has 1 saturated heterocycles. The standard InChI is InChI=1S/C9H19NO.C7H14O.CH4/c1-5-10(4)9(8(2)3)6-11-7-9;1-6(2)4-5-7(3)8;/h8H,5-7H2,1-4H3;6H,4-5H2,1-3H3;1H4. The van der Waals surface area contributed by atoms with Crippen LogP contribution in [0.25, 0.3) is 0 Å². The Morgan fingerprint density at radius 2 is 1.75 bits per heavy atom. The number of likely N-dealkylation sites (N-methyl/N-ethyl adjacent to an activating group) is 1. The van der Waals surface area contributed by atoms with Gasteiger partial charge < -0.3 is 9.53 Å². The van der Waals surface area contributed by atoms with Crippen molar-refractivity contribution in [2.45, 2.75) is 67.3 Å². The van der Waals surface area contributed by atoms with Crippen LogP contribution >= 0.6 is 0 Å². The number of carbonyl (C=O) groups is 1. The Morgan fingerprint density at radius 3 is 1.85 bits per heavy atom. The van der Waals surface area contributed by atoms with Crippen molar-refractivity contribution in [3.63, 3.8) is 0 Å². The third kappa shape index (κ3) is 6.85. The van der Waals surface area contributed by atoms with Gasteiger partial charge in [0.2, 0.25) is 0 Å². The smallest absolute Gasteiger partial charge is 0.129 e. The van der Waals surface area contributed by atoms with Crippen LogP contribution in [0.2, 0.25) is 0 Å². The van der Waals surface area contributed by atoms with E-state index in [1.165, 1.54) is 0 Å². The molecule has 1 aliphatic rings. The van der Waals surface area contributed by atoms with Gasteiger partial charge in [-0.3, -0.25) is 4.90 Å². The number of Topliss-reactive ketones (excluding diaryl/α,β-unsaturated/α-hetero) is 1. The lowest BCUT2D eigenvalue weighted by molar-refractivity contribution is -0.154. The second-order valence-electron chi connectivity index (χ2n) is 6.40. The molecule has 1 rings (SSSR count). The molecule has 3 nitrogen and oxygen atoms in total. The van der Waals surface area contributed by atoms with Gasteiger partial charge >= 0.3 is 0 Å². The largest absolute Gasteiger partial charge is 0.377 e. The Balaban J connectivity index is 0. The van der Waals surface area contributed by atoms with Crippen LogP contribution < -0.4 is 0 Å². The van der Waals surface area contributed by atoms with E-state index < -0.39 is 0 Å². The summed E-state index contributed by atoms with van der Waals surface area (Å²) in [6.45, 7) is 15.6. The average molecular weight is 287 g/mol. The minimum absolute atomic E-state index is 0. The van der Waals surface area contributed by atoms with Crippen LogP contribution in [0.1, 0.15) is 61.8 Å². The molecule has 0 aliphatic carbocycles. The highest BCUT2D eigenvalue weighted by Crippen LogP contribution is 2.31. The maximum atomic E-state index is 10.3. The Morgan fingerprint density at radius 1 is 1.25 bits per heavy atom. The highest BCUT2D eigenvalue weighted by atomic mass is 16.5. The Hall–Kier alpha value is -0.410. The molecule has 0 saturated carbocycles. The number of carbonyl (C=O) groups excluding carboxylic acids is 1. The van der Waals surface area contributed by atoms with E-state index in [9.17, 15) is 4.79 Å². The summed E-state index contributed by atoms with van der Waals surface area (Å²) >= 11 is 0. The van der Waals surface area contributed by atoms with Gasteiger partial charge in [0.15, 0.2) is 0 Å². The van der Waals surface area contributed by atoms with Crippen LogP contribution in [0, 0.1) is 11.8 Å². The minimum atomic E-state index is 0. The molecule has 0 aromatic carbocycles. The predicted octanol–water partition coefficient (Wildman–Crippen LogP) is 4.01. The van der Waals surface area contributed by atoms with Gasteiger partial charge in [-0.25, -0.2) is 0 Å². The summed E-state index contributed by atoms with van der Waals surface area (Å²) < 4.78 is 5.28. The molecule has 1 fully saturated rings. The zero-order valence-electron chi connectivity index (χ0n) is 14.0. The summed E-state index contributed by atoms with van der Waals surface area (Å²) in [5.41, 5.74) is 0.342. The van der Waals surface area contributed by atoms with E-state index in [2.05, 4.69) is 46.6 Å². The van der Waals surface area contributed by atoms with Gasteiger partial charge in [0.1, 0.15) is 5.78 Å². The van der Waals surface area contributed by atoms with Crippen LogP contribution in [0.5, 0.6) is 0 Å². The molecule has 0 aromatic rings. The minimum Gasteiger partial charge on any atom is -0.377 e. The third-order valence-electron chi connectivity index (χ3n) is 4.09. The molecule has 0 amide bonds. The van der Waals surface area contributed by atoms with Crippen molar-refractivity contribution in [3.8, 4) is 0 Å². The summed E-state index contributed by atoms with van der Waals surface area (Å²) in [7, 11) is 2.18. The van der Waals surface area contributed by atoms with Gasteiger partial charge in [-0.1, -0.05) is 42.0 Å². The maximum absolute atomic E-state index is 10.3. The summed E-state index contributed by atoms with van der Waals surface area (Å²) in [5, 5.41) is 0. The van der Waals surface area contributed by atoms with E-state index in [0.29, 0.717) is 23.2 Å². The first-order chi connectivity index (χ1) is 8.76. The maximum Gasteiger partial charge on any atom is 0.129 e. The van der Waals surface area contributed by atoms with Crippen LogP contribution in [0.3, 0.4) is 0 Å². The normalized spacial score (nSPS) is 16.3. The number of hydrogen-bond acceptors (Lipinski definition) is 3. The number of ketones is 1. The predicted molar refractivity (Wildman–Crippen MR) is 88.2 cm³/mol. The lowest BCUT2D eigenvalue weighted by Crippen LogP contribution is -2.64. The van der Waals surface area contributed by atoms with Crippen molar-refractivity contribution < 1.29 is 9.53 Å². The lowest BCUT2D eigenvalue weighted by Gasteiger charge is -2.50. The second-order valence-corrected chi connectivity index (χ2v) is 6.40. The second kappa shape index (κ2) is 10.3. The molecule has 0 unspecified atom stereocenters. The van der Waals surface area contributed by atoms with E-state index in [-0.39, 0.29) is 7.43 Å². The van der Waals surface area contributed by atoms with Crippen molar-refractivity contribution >= 4 is 5.78 Å². The van der Waals surface area contributed by atoms with Crippen molar-refractivity contribution in [2.75, 3.05) is 26.8 Å². The van der Waals surface area contributed by atoms with Gasteiger partial charge in [-0.2, -0.15) is 0 Å². The number of rotatable bonds is 6. The molecule has 3 heteroatoms. The molecule has 1 heterocycles. The van der Waals surface area contributed by atoms with Crippen molar-refractivity contribution in [1.82, 2.24) is 4.90 Å². The van der Waals surface area contributed by atoms with Gasteiger partial charge in [0.05, 0.1) is 18.8 Å². The molecule has 20 heavy (non-hydrogen) atoms. The highest BCUT2D eigenvalue weighted by Gasteiger charge is 2.44. The third-order valence-corrected chi connectivity index (χ3v) is 4.09. The fourth-order valence-corrected chi connectivity index (χ4v) is 2.11. The fraction of sp³-hybridized carbons (Fsp3) is 0.941. The Kier molecular flexibility index (Phi) is 11.3. The van der Waals surface area contributed by atoms with E-state index >= 15 is 0 Å². The number of nitrogens with zero attached hydrogens (tertiary/aromatic N) is 1. The van der Waals surface area contributed by atoms with Crippen LogP contribution in [0.4, 0.5) is 0 Å². The van der Waals surface area contributed by atoms with Gasteiger partial charge in [-0.15, -0.1) is 0 Å². The summed E-state index contributed by atoms with van der Waals surface area (Å²) in [6.07, 6.45) is 1.78. The van der Waals surface area contributed by atoms with Gasteiger partial charge in [0.25, 0.3) is 0 Å². The Labute approximate surface area is 127 Å². The summed E-state index contributed by atoms with van der Waals surface area (Å²) in [6, 6.07) is 0. The van der Waals surface area contributed by atoms with Crippen molar-refractivity contribution in [2.24, 2.45) is 11.8 Å². The van der Waals surface area contributed by atoms with Gasteiger partial charge in [0, 0.05) is 6.42 Å². The first-order valence-electron chi connectivity index (χ1n) is 7.54. The van der Waals surface area contributed by atoms with E-state index in [0.717, 1.165) is 32.6 Å². The molecule has 0 atom stereocenters. The summed E-state index contributed by atoms with van der Waals surface area (Å²) in [5.74, 6) is 1.67.